The number of thioether (sulfide) groups is 1. The van der Waals surface area contributed by atoms with Gasteiger partial charge in [0, 0.05) is 0 Å². The maximum absolute atomic E-state index is 12.3. The molecule has 0 radical (unpaired) electrons. The topological polar surface area (TPSA) is 69.0 Å². The number of aromatic nitrogens is 3. The van der Waals surface area contributed by atoms with Crippen molar-refractivity contribution in [3.05, 3.63) is 52.5 Å². The fraction of sp³-hybridized carbons (Fsp3) is 0.111. The largest absolute Gasteiger partial charge is 0.497 e. The fourth-order valence-electron chi connectivity index (χ4n) is 2.42. The highest BCUT2D eigenvalue weighted by atomic mass is 32.2. The molecule has 1 N–H and O–H groups in total. The van der Waals surface area contributed by atoms with Gasteiger partial charge in [-0.25, -0.2) is 9.67 Å². The van der Waals surface area contributed by atoms with Crippen LogP contribution < -0.4 is 10.1 Å². The highest BCUT2D eigenvalue weighted by Gasteiger charge is 2.12. The van der Waals surface area contributed by atoms with Crippen molar-refractivity contribution >= 4 is 67.9 Å². The molecular weight excluding hydrogens is 432 g/mol. The number of carbonyl (C=O) groups is 1. The van der Waals surface area contributed by atoms with Crippen molar-refractivity contribution in [1.29, 1.82) is 0 Å². The number of anilines is 1. The van der Waals surface area contributed by atoms with Gasteiger partial charge in [0.05, 0.1) is 28.8 Å². The van der Waals surface area contributed by atoms with Crippen LogP contribution in [0.5, 0.6) is 5.75 Å². The minimum absolute atomic E-state index is 0.136. The molecule has 0 aliphatic carbocycles. The lowest BCUT2D eigenvalue weighted by molar-refractivity contribution is -0.113. The summed E-state index contributed by atoms with van der Waals surface area (Å²) >= 11 is 9.54. The quantitative estimate of drug-likeness (QED) is 0.332. The predicted octanol–water partition coefficient (Wildman–Crippen LogP) is 5.01. The third kappa shape index (κ3) is 4.25. The molecule has 1 amide bonds. The van der Waals surface area contributed by atoms with E-state index in [4.69, 9.17) is 17.0 Å². The average molecular weight is 447 g/mol. The molecule has 2 aromatic heterocycles. The van der Waals surface area contributed by atoms with Gasteiger partial charge < -0.3 is 10.1 Å². The second-order valence-electron chi connectivity index (χ2n) is 5.57. The normalized spacial score (nSPS) is 10.9. The van der Waals surface area contributed by atoms with Gasteiger partial charge in [0.1, 0.15) is 5.75 Å². The van der Waals surface area contributed by atoms with E-state index in [9.17, 15) is 4.79 Å². The van der Waals surface area contributed by atoms with Gasteiger partial charge in [-0.05, 0) is 42.5 Å². The number of ether oxygens (including phenoxy) is 1. The highest BCUT2D eigenvalue weighted by molar-refractivity contribution is 8.01. The van der Waals surface area contributed by atoms with Crippen LogP contribution in [0.1, 0.15) is 0 Å². The minimum Gasteiger partial charge on any atom is -0.497 e. The number of methoxy groups -OCH3 is 1. The van der Waals surface area contributed by atoms with E-state index in [0.717, 1.165) is 26.0 Å². The monoisotopic (exact) mass is 446 g/mol. The van der Waals surface area contributed by atoms with Crippen molar-refractivity contribution in [2.24, 2.45) is 0 Å². The number of hydrogen-bond donors (Lipinski definition) is 1. The molecule has 2 heterocycles. The SMILES string of the molecule is COc1ccc2nc(NC(=O)CSc3nn(-c4ccccc4)c(=S)s3)sc2c1. The Balaban J connectivity index is 1.40. The number of nitrogens with zero attached hydrogens (tertiary/aromatic N) is 3. The van der Waals surface area contributed by atoms with Crippen LogP contribution in [-0.2, 0) is 4.79 Å². The predicted molar refractivity (Wildman–Crippen MR) is 118 cm³/mol. The van der Waals surface area contributed by atoms with E-state index in [1.54, 1.807) is 11.8 Å². The Bertz CT molecular complexity index is 1180. The molecule has 4 rings (SSSR count). The summed E-state index contributed by atoms with van der Waals surface area (Å²) in [5, 5.41) is 7.91. The molecular formula is C18H14N4O2S4. The van der Waals surface area contributed by atoms with Gasteiger partial charge in [-0.15, -0.1) is 5.10 Å². The van der Waals surface area contributed by atoms with Crippen molar-refractivity contribution in [1.82, 2.24) is 14.8 Å². The number of carbonyl (C=O) groups excluding carboxylic acids is 1. The summed E-state index contributed by atoms with van der Waals surface area (Å²) in [6.45, 7) is 0. The van der Waals surface area contributed by atoms with Gasteiger partial charge in [0.25, 0.3) is 0 Å². The molecule has 0 saturated carbocycles. The number of para-hydroxylation sites is 1. The summed E-state index contributed by atoms with van der Waals surface area (Å²) < 4.78 is 9.28. The van der Waals surface area contributed by atoms with Crippen molar-refractivity contribution in [2.75, 3.05) is 18.2 Å². The molecule has 0 fully saturated rings. The van der Waals surface area contributed by atoms with Crippen LogP contribution in [0.3, 0.4) is 0 Å². The second kappa shape index (κ2) is 8.39. The van der Waals surface area contributed by atoms with Crippen LogP contribution >= 0.6 is 46.7 Å². The van der Waals surface area contributed by atoms with E-state index in [1.807, 2.05) is 48.5 Å². The van der Waals surface area contributed by atoms with Gasteiger partial charge in [0.2, 0.25) is 5.91 Å². The van der Waals surface area contributed by atoms with Crippen LogP contribution in [-0.4, -0.2) is 33.5 Å². The number of amides is 1. The van der Waals surface area contributed by atoms with Gasteiger partial charge in [-0.1, -0.05) is 52.6 Å². The Kier molecular flexibility index (Phi) is 5.72. The van der Waals surface area contributed by atoms with Gasteiger partial charge >= 0.3 is 0 Å². The fourth-order valence-corrected chi connectivity index (χ4v) is 5.49. The molecule has 142 valence electrons. The molecule has 0 saturated heterocycles. The molecule has 0 unspecified atom stereocenters. The van der Waals surface area contributed by atoms with Gasteiger partial charge in [0.15, 0.2) is 13.4 Å². The molecule has 0 bridgehead atoms. The van der Waals surface area contributed by atoms with E-state index < -0.39 is 0 Å². The molecule has 0 aliphatic heterocycles. The summed E-state index contributed by atoms with van der Waals surface area (Å²) in [7, 11) is 1.62. The Morgan fingerprint density at radius 1 is 1.25 bits per heavy atom. The smallest absolute Gasteiger partial charge is 0.236 e. The molecule has 28 heavy (non-hydrogen) atoms. The Morgan fingerprint density at radius 2 is 2.07 bits per heavy atom. The van der Waals surface area contributed by atoms with Gasteiger partial charge in [-0.3, -0.25) is 4.79 Å². The molecule has 10 heteroatoms. The van der Waals surface area contributed by atoms with Crippen molar-refractivity contribution < 1.29 is 9.53 Å². The standard InChI is InChI=1S/C18H14N4O2S4/c1-24-12-7-8-13-14(9-12)27-16(19-13)20-15(23)10-26-17-21-22(18(25)28-17)11-5-3-2-4-6-11/h2-9H,10H2,1H3,(H,19,20,23). The van der Waals surface area contributed by atoms with Crippen LogP contribution in [0, 0.1) is 3.95 Å². The van der Waals surface area contributed by atoms with E-state index in [1.165, 1.54) is 34.4 Å². The first kappa shape index (κ1) is 19.1. The van der Waals surface area contributed by atoms with Crippen molar-refractivity contribution in [3.8, 4) is 11.4 Å². The second-order valence-corrected chi connectivity index (χ2v) is 9.45. The maximum atomic E-state index is 12.3. The molecule has 6 nitrogen and oxygen atoms in total. The summed E-state index contributed by atoms with van der Waals surface area (Å²) in [5.41, 5.74) is 1.73. The number of fused-ring (bicyclic) bond motifs is 1. The van der Waals surface area contributed by atoms with Crippen LogP contribution in [0.4, 0.5) is 5.13 Å². The third-order valence-electron chi connectivity index (χ3n) is 3.70. The average Bonchev–Trinajstić information content (AvgIpc) is 3.28. The summed E-state index contributed by atoms with van der Waals surface area (Å²) in [4.78, 5) is 16.7. The first-order chi connectivity index (χ1) is 13.6. The van der Waals surface area contributed by atoms with E-state index >= 15 is 0 Å². The van der Waals surface area contributed by atoms with Crippen LogP contribution in [0.2, 0.25) is 0 Å². The molecule has 0 aliphatic rings. The van der Waals surface area contributed by atoms with Crippen LogP contribution in [0.25, 0.3) is 15.9 Å². The number of nitrogens with one attached hydrogen (secondary N) is 1. The first-order valence-corrected chi connectivity index (χ1v) is 11.2. The summed E-state index contributed by atoms with van der Waals surface area (Å²) in [6, 6.07) is 15.3. The lowest BCUT2D eigenvalue weighted by Gasteiger charge is -2.00. The number of thiazole rings is 1. The molecule has 4 aromatic rings. The zero-order valence-electron chi connectivity index (χ0n) is 14.6. The van der Waals surface area contributed by atoms with Crippen molar-refractivity contribution in [3.63, 3.8) is 0 Å². The maximum Gasteiger partial charge on any atom is 0.236 e. The summed E-state index contributed by atoms with van der Waals surface area (Å²) in [6.07, 6.45) is 0. The number of benzene rings is 2. The van der Waals surface area contributed by atoms with E-state index in [0.29, 0.717) is 9.09 Å². The van der Waals surface area contributed by atoms with Crippen LogP contribution in [0.15, 0.2) is 52.9 Å². The Labute approximate surface area is 178 Å². The zero-order valence-corrected chi connectivity index (χ0v) is 17.9. The number of rotatable bonds is 6. The Morgan fingerprint density at radius 3 is 2.86 bits per heavy atom. The van der Waals surface area contributed by atoms with E-state index in [2.05, 4.69) is 15.4 Å². The zero-order chi connectivity index (χ0) is 19.5. The summed E-state index contributed by atoms with van der Waals surface area (Å²) in [5.74, 6) is 0.860. The van der Waals surface area contributed by atoms with Gasteiger partial charge in [-0.2, -0.15) is 0 Å². The lowest BCUT2D eigenvalue weighted by Crippen LogP contribution is -2.13. The minimum atomic E-state index is -0.136. The third-order valence-corrected chi connectivity index (χ3v) is 7.00. The number of hydrogen-bond acceptors (Lipinski definition) is 8. The molecule has 2 aromatic carbocycles. The molecule has 0 atom stereocenters. The van der Waals surface area contributed by atoms with E-state index in [-0.39, 0.29) is 11.7 Å². The lowest BCUT2D eigenvalue weighted by atomic mass is 10.3. The highest BCUT2D eigenvalue weighted by Crippen LogP contribution is 2.29. The Hall–Kier alpha value is -2.27. The first-order valence-electron chi connectivity index (χ1n) is 8.15. The molecule has 0 spiro atoms. The van der Waals surface area contributed by atoms with Crippen molar-refractivity contribution in [2.45, 2.75) is 4.34 Å².